The number of pyridine rings is 1. The van der Waals surface area contributed by atoms with E-state index in [2.05, 4.69) is 10.3 Å². The van der Waals surface area contributed by atoms with Gasteiger partial charge in [0, 0.05) is 17.5 Å². The Hall–Kier alpha value is -2.95. The zero-order chi connectivity index (χ0) is 17.1. The summed E-state index contributed by atoms with van der Waals surface area (Å²) in [7, 11) is 0. The van der Waals surface area contributed by atoms with Gasteiger partial charge in [-0.1, -0.05) is 24.3 Å². The van der Waals surface area contributed by atoms with E-state index in [0.29, 0.717) is 12.0 Å². The van der Waals surface area contributed by atoms with Crippen LogP contribution in [0.25, 0.3) is 10.9 Å². The number of carbonyl (C=O) groups excluding carboxylic acids is 1. The minimum atomic E-state index is -0.454. The molecule has 1 amide bonds. The molecule has 1 aromatic heterocycles. The van der Waals surface area contributed by atoms with Gasteiger partial charge in [-0.2, -0.15) is 0 Å². The Balaban J connectivity index is 1.69. The third-order valence-electron chi connectivity index (χ3n) is 3.88. The third-order valence-corrected chi connectivity index (χ3v) is 3.88. The third kappa shape index (κ3) is 3.51. The molecule has 0 aliphatic rings. The molecule has 3 aromatic rings. The molecular formula is C19H17FN2O2. The fourth-order valence-electron chi connectivity index (χ4n) is 2.55. The molecule has 0 aliphatic carbocycles. The van der Waals surface area contributed by atoms with Crippen molar-refractivity contribution >= 4 is 22.5 Å². The first-order chi connectivity index (χ1) is 11.5. The number of benzene rings is 2. The molecule has 1 heterocycles. The maximum atomic E-state index is 13.5. The van der Waals surface area contributed by atoms with E-state index in [-0.39, 0.29) is 23.6 Å². The number of rotatable bonds is 4. The number of carbonyl (C=O) groups is 1. The van der Waals surface area contributed by atoms with Gasteiger partial charge in [0.05, 0.1) is 5.69 Å². The Bertz CT molecular complexity index is 963. The van der Waals surface area contributed by atoms with Crippen LogP contribution >= 0.6 is 0 Å². The number of aryl methyl sites for hydroxylation is 2. The van der Waals surface area contributed by atoms with Gasteiger partial charge in [0.1, 0.15) is 5.82 Å². The molecule has 122 valence electrons. The maximum Gasteiger partial charge on any atom is 0.251 e. The predicted molar refractivity (Wildman–Crippen MR) is 92.7 cm³/mol. The summed E-state index contributed by atoms with van der Waals surface area (Å²) >= 11 is 0. The molecule has 0 bridgehead atoms. The second-order valence-corrected chi connectivity index (χ2v) is 5.73. The van der Waals surface area contributed by atoms with Crippen molar-refractivity contribution in [1.82, 2.24) is 4.98 Å². The topological polar surface area (TPSA) is 62.0 Å². The van der Waals surface area contributed by atoms with E-state index in [4.69, 9.17) is 0 Å². The van der Waals surface area contributed by atoms with Crippen LogP contribution in [0.3, 0.4) is 0 Å². The first-order valence-corrected chi connectivity index (χ1v) is 7.70. The van der Waals surface area contributed by atoms with Crippen LogP contribution in [-0.2, 0) is 11.2 Å². The first kappa shape index (κ1) is 15.9. The lowest BCUT2D eigenvalue weighted by Crippen LogP contribution is -2.13. The van der Waals surface area contributed by atoms with Gasteiger partial charge in [-0.25, -0.2) is 4.39 Å². The van der Waals surface area contributed by atoms with E-state index in [0.717, 1.165) is 16.5 Å². The number of amides is 1. The molecule has 0 saturated heterocycles. The van der Waals surface area contributed by atoms with Crippen molar-refractivity contribution in [2.75, 3.05) is 5.32 Å². The number of hydrogen-bond donors (Lipinski definition) is 2. The van der Waals surface area contributed by atoms with Gasteiger partial charge in [0.2, 0.25) is 5.91 Å². The maximum absolute atomic E-state index is 13.5. The number of aromatic amines is 1. The molecule has 0 aliphatic heterocycles. The lowest BCUT2D eigenvalue weighted by atomic mass is 10.1. The highest BCUT2D eigenvalue weighted by molar-refractivity contribution is 5.91. The highest BCUT2D eigenvalue weighted by Crippen LogP contribution is 2.16. The summed E-state index contributed by atoms with van der Waals surface area (Å²) < 4.78 is 13.5. The number of halogens is 1. The Morgan fingerprint density at radius 2 is 1.96 bits per heavy atom. The normalized spacial score (nSPS) is 10.8. The van der Waals surface area contributed by atoms with Gasteiger partial charge < -0.3 is 10.3 Å². The first-order valence-electron chi connectivity index (χ1n) is 7.70. The molecule has 0 unspecified atom stereocenters. The molecule has 4 nitrogen and oxygen atoms in total. The van der Waals surface area contributed by atoms with E-state index in [9.17, 15) is 14.0 Å². The Kier molecular flexibility index (Phi) is 4.42. The zero-order valence-electron chi connectivity index (χ0n) is 13.2. The van der Waals surface area contributed by atoms with Gasteiger partial charge in [-0.15, -0.1) is 0 Å². The lowest BCUT2D eigenvalue weighted by molar-refractivity contribution is -0.116. The molecule has 2 N–H and O–H groups in total. The Labute approximate surface area is 138 Å². The quantitative estimate of drug-likeness (QED) is 0.771. The van der Waals surface area contributed by atoms with Crippen LogP contribution in [0.1, 0.15) is 17.5 Å². The summed E-state index contributed by atoms with van der Waals surface area (Å²) in [5.41, 5.74) is 2.42. The highest BCUT2D eigenvalue weighted by Gasteiger charge is 2.07. The van der Waals surface area contributed by atoms with Crippen LogP contribution in [0.4, 0.5) is 10.1 Å². The summed E-state index contributed by atoms with van der Waals surface area (Å²) in [5.74, 6) is -0.706. The molecule has 3 rings (SSSR count). The van der Waals surface area contributed by atoms with Gasteiger partial charge >= 0.3 is 0 Å². The lowest BCUT2D eigenvalue weighted by Gasteiger charge is -2.07. The van der Waals surface area contributed by atoms with Crippen molar-refractivity contribution in [3.05, 3.63) is 75.8 Å². The second kappa shape index (κ2) is 6.66. The summed E-state index contributed by atoms with van der Waals surface area (Å²) in [6.07, 6.45) is 0.738. The fourth-order valence-corrected chi connectivity index (χ4v) is 2.55. The average Bonchev–Trinajstić information content (AvgIpc) is 2.56. The van der Waals surface area contributed by atoms with E-state index in [1.165, 1.54) is 12.1 Å². The van der Waals surface area contributed by atoms with Crippen LogP contribution in [0.5, 0.6) is 0 Å². The number of H-pyrrole nitrogens is 1. The van der Waals surface area contributed by atoms with Gasteiger partial charge in [0.15, 0.2) is 0 Å². The number of fused-ring (bicyclic) bond motifs is 1. The highest BCUT2D eigenvalue weighted by atomic mass is 19.1. The van der Waals surface area contributed by atoms with Crippen molar-refractivity contribution in [3.63, 3.8) is 0 Å². The summed E-state index contributed by atoms with van der Waals surface area (Å²) in [5, 5.41) is 3.51. The second-order valence-electron chi connectivity index (χ2n) is 5.73. The van der Waals surface area contributed by atoms with E-state index in [1.54, 1.807) is 19.1 Å². The van der Waals surface area contributed by atoms with Crippen molar-refractivity contribution in [2.45, 2.75) is 19.8 Å². The smallest absolute Gasteiger partial charge is 0.251 e. The summed E-state index contributed by atoms with van der Waals surface area (Å²) in [6, 6.07) is 13.6. The minimum absolute atomic E-state index is 0.114. The van der Waals surface area contributed by atoms with Crippen LogP contribution in [0, 0.1) is 12.7 Å². The fraction of sp³-hybridized carbons (Fsp3) is 0.158. The van der Waals surface area contributed by atoms with Gasteiger partial charge in [-0.3, -0.25) is 9.59 Å². The van der Waals surface area contributed by atoms with Gasteiger partial charge in [0.25, 0.3) is 5.56 Å². The van der Waals surface area contributed by atoms with E-state index < -0.39 is 5.82 Å². The molecule has 0 radical (unpaired) electrons. The Morgan fingerprint density at radius 1 is 1.17 bits per heavy atom. The van der Waals surface area contributed by atoms with Gasteiger partial charge in [-0.05, 0) is 48.6 Å². The molecule has 0 saturated carbocycles. The molecule has 24 heavy (non-hydrogen) atoms. The standard InChI is InChI=1S/C19H17FN2O2/c1-12-10-14-8-6-13(11-17(14)22-19(12)24)7-9-18(23)21-16-5-3-2-4-15(16)20/h2-6,8,10-11H,7,9H2,1H3,(H,21,23)(H,22,24). The van der Waals surface area contributed by atoms with Crippen LogP contribution in [0.2, 0.25) is 0 Å². The average molecular weight is 324 g/mol. The Morgan fingerprint density at radius 3 is 2.75 bits per heavy atom. The SMILES string of the molecule is Cc1cc2ccc(CCC(=O)Nc3ccccc3F)cc2[nH]c1=O. The van der Waals surface area contributed by atoms with Crippen molar-refractivity contribution in [2.24, 2.45) is 0 Å². The van der Waals surface area contributed by atoms with E-state index >= 15 is 0 Å². The molecule has 5 heteroatoms. The van der Waals surface area contributed by atoms with Crippen molar-refractivity contribution < 1.29 is 9.18 Å². The molecule has 0 atom stereocenters. The van der Waals surface area contributed by atoms with Crippen LogP contribution in [0.15, 0.2) is 53.3 Å². The van der Waals surface area contributed by atoms with E-state index in [1.807, 2.05) is 24.3 Å². The minimum Gasteiger partial charge on any atom is -0.324 e. The zero-order valence-corrected chi connectivity index (χ0v) is 13.2. The summed E-state index contributed by atoms with van der Waals surface area (Å²) in [6.45, 7) is 1.76. The predicted octanol–water partition coefficient (Wildman–Crippen LogP) is 3.55. The number of para-hydroxylation sites is 1. The largest absolute Gasteiger partial charge is 0.324 e. The molecule has 0 fully saturated rings. The van der Waals surface area contributed by atoms with Crippen LogP contribution < -0.4 is 10.9 Å². The monoisotopic (exact) mass is 324 g/mol. The molecular weight excluding hydrogens is 307 g/mol. The number of aromatic nitrogens is 1. The number of nitrogens with one attached hydrogen (secondary N) is 2. The molecule has 0 spiro atoms. The number of hydrogen-bond acceptors (Lipinski definition) is 2. The molecule has 2 aromatic carbocycles. The summed E-state index contributed by atoms with van der Waals surface area (Å²) in [4.78, 5) is 26.5. The van der Waals surface area contributed by atoms with Crippen molar-refractivity contribution in [3.8, 4) is 0 Å². The van der Waals surface area contributed by atoms with Crippen LogP contribution in [-0.4, -0.2) is 10.9 Å². The van der Waals surface area contributed by atoms with Crippen molar-refractivity contribution in [1.29, 1.82) is 0 Å². The number of anilines is 1.